The topological polar surface area (TPSA) is 58.6 Å². The van der Waals surface area contributed by atoms with Crippen LogP contribution in [0.3, 0.4) is 0 Å². The van der Waals surface area contributed by atoms with Crippen LogP contribution in [-0.2, 0) is 22.7 Å². The second kappa shape index (κ2) is 12.7. The molecule has 37 heavy (non-hydrogen) atoms. The molecule has 188 valence electrons. The van der Waals surface area contributed by atoms with E-state index in [0.29, 0.717) is 21.9 Å². The number of nitrogens with zero attached hydrogens (tertiary/aromatic N) is 1. The molecule has 0 bridgehead atoms. The molecule has 0 unspecified atom stereocenters. The van der Waals surface area contributed by atoms with Crippen molar-refractivity contribution in [1.82, 2.24) is 10.2 Å². The monoisotopic (exact) mass is 516 g/mol. The number of hydrogen-bond acceptors (Lipinski definition) is 3. The number of halogens is 2. The predicted molar refractivity (Wildman–Crippen MR) is 141 cm³/mol. The number of nitrogens with one attached hydrogen (secondary N) is 1. The quantitative estimate of drug-likeness (QED) is 0.283. The van der Waals surface area contributed by atoms with Gasteiger partial charge in [-0.25, -0.2) is 4.39 Å². The van der Waals surface area contributed by atoms with Crippen molar-refractivity contribution in [3.63, 3.8) is 0 Å². The summed E-state index contributed by atoms with van der Waals surface area (Å²) in [6.45, 7) is 0.00358. The highest BCUT2D eigenvalue weighted by Crippen LogP contribution is 2.25. The van der Waals surface area contributed by atoms with Gasteiger partial charge >= 0.3 is 0 Å². The molecule has 0 aliphatic heterocycles. The Morgan fingerprint density at radius 3 is 2.14 bits per heavy atom. The van der Waals surface area contributed by atoms with Gasteiger partial charge in [-0.05, 0) is 47.0 Å². The number of rotatable bonds is 10. The highest BCUT2D eigenvalue weighted by atomic mass is 35.5. The molecule has 4 rings (SSSR count). The van der Waals surface area contributed by atoms with E-state index in [1.54, 1.807) is 42.5 Å². The second-order valence-corrected chi connectivity index (χ2v) is 8.78. The van der Waals surface area contributed by atoms with Gasteiger partial charge in [0.2, 0.25) is 5.91 Å². The van der Waals surface area contributed by atoms with Gasteiger partial charge in [-0.1, -0.05) is 90.5 Å². The summed E-state index contributed by atoms with van der Waals surface area (Å²) in [6, 6.07) is 30.2. The molecule has 1 atom stereocenters. The minimum Gasteiger partial charge on any atom is -0.484 e. The number of carbonyl (C=O) groups excluding carboxylic acids is 2. The van der Waals surface area contributed by atoms with Gasteiger partial charge < -0.3 is 15.0 Å². The molecule has 5 nitrogen and oxygen atoms in total. The Morgan fingerprint density at radius 2 is 1.46 bits per heavy atom. The molecule has 1 N–H and O–H groups in total. The second-order valence-electron chi connectivity index (χ2n) is 8.37. The Labute approximate surface area is 220 Å². The summed E-state index contributed by atoms with van der Waals surface area (Å²) in [5.74, 6) is -0.612. The Kier molecular flexibility index (Phi) is 8.89. The zero-order chi connectivity index (χ0) is 26.0. The van der Waals surface area contributed by atoms with Crippen LogP contribution in [-0.4, -0.2) is 23.3 Å². The summed E-state index contributed by atoms with van der Waals surface area (Å²) in [7, 11) is 0. The summed E-state index contributed by atoms with van der Waals surface area (Å²) in [6.07, 6.45) is 0. The van der Waals surface area contributed by atoms with Crippen LogP contribution in [0.25, 0.3) is 0 Å². The number of carbonyl (C=O) groups is 2. The fourth-order valence-corrected chi connectivity index (χ4v) is 4.09. The largest absolute Gasteiger partial charge is 0.484 e. The first-order valence-corrected chi connectivity index (χ1v) is 12.2. The van der Waals surface area contributed by atoms with Crippen molar-refractivity contribution in [3.05, 3.63) is 137 Å². The minimum absolute atomic E-state index is 0.0797. The Hall–Kier alpha value is -4.16. The summed E-state index contributed by atoms with van der Waals surface area (Å²) >= 11 is 6.27. The molecular formula is C30H26ClFN2O3. The van der Waals surface area contributed by atoms with Crippen LogP contribution in [0.2, 0.25) is 5.02 Å². The molecule has 7 heteroatoms. The molecule has 2 amide bonds. The fraction of sp³-hybridized carbons (Fsp3) is 0.133. The zero-order valence-corrected chi connectivity index (χ0v) is 20.8. The van der Waals surface area contributed by atoms with Gasteiger partial charge in [-0.2, -0.15) is 0 Å². The van der Waals surface area contributed by atoms with Gasteiger partial charge in [0.1, 0.15) is 17.6 Å². The van der Waals surface area contributed by atoms with Crippen molar-refractivity contribution < 1.29 is 18.7 Å². The maximum atomic E-state index is 13.6. The standard InChI is InChI=1S/C30H26ClFN2O3/c31-27-14-8-7-11-24(27)19-33-30(36)29(23-9-3-1-4-10-23)34(20-22-15-17-25(32)18-16-22)28(35)21-37-26-12-5-2-6-13-26/h1-18,29H,19-21H2,(H,33,36)/t29-/m0/s1. The van der Waals surface area contributed by atoms with Gasteiger partial charge in [-0.15, -0.1) is 0 Å². The van der Waals surface area contributed by atoms with Crippen LogP contribution in [0.1, 0.15) is 22.7 Å². The molecule has 4 aromatic rings. The molecule has 0 radical (unpaired) electrons. The first-order valence-electron chi connectivity index (χ1n) is 11.8. The average Bonchev–Trinajstić information content (AvgIpc) is 2.93. The maximum absolute atomic E-state index is 13.6. The van der Waals surface area contributed by atoms with E-state index >= 15 is 0 Å². The number of para-hydroxylation sites is 1. The fourth-order valence-electron chi connectivity index (χ4n) is 3.88. The summed E-state index contributed by atoms with van der Waals surface area (Å²) < 4.78 is 19.3. The van der Waals surface area contributed by atoms with Gasteiger partial charge in [0, 0.05) is 18.1 Å². The molecule has 0 heterocycles. The maximum Gasteiger partial charge on any atom is 0.261 e. The lowest BCUT2D eigenvalue weighted by atomic mass is 10.0. The molecule has 0 saturated heterocycles. The Bertz CT molecular complexity index is 1320. The van der Waals surface area contributed by atoms with Gasteiger partial charge in [0.15, 0.2) is 6.61 Å². The van der Waals surface area contributed by atoms with E-state index in [4.69, 9.17) is 16.3 Å². The predicted octanol–water partition coefficient (Wildman–Crippen LogP) is 5.94. The third-order valence-electron chi connectivity index (χ3n) is 5.78. The van der Waals surface area contributed by atoms with Crippen molar-refractivity contribution in [1.29, 1.82) is 0 Å². The molecular weight excluding hydrogens is 491 g/mol. The van der Waals surface area contributed by atoms with Crippen LogP contribution < -0.4 is 10.1 Å². The lowest BCUT2D eigenvalue weighted by molar-refractivity contribution is -0.143. The normalized spacial score (nSPS) is 11.4. The van der Waals surface area contributed by atoms with E-state index in [2.05, 4.69) is 5.32 Å². The summed E-state index contributed by atoms with van der Waals surface area (Å²) in [5, 5.41) is 3.46. The molecule has 0 aromatic heterocycles. The van der Waals surface area contributed by atoms with Crippen LogP contribution in [0.15, 0.2) is 109 Å². The molecule has 0 fully saturated rings. The van der Waals surface area contributed by atoms with Crippen LogP contribution in [0.5, 0.6) is 5.75 Å². The molecule has 4 aromatic carbocycles. The van der Waals surface area contributed by atoms with Crippen LogP contribution >= 0.6 is 11.6 Å². The lowest BCUT2D eigenvalue weighted by Crippen LogP contribution is -2.45. The smallest absolute Gasteiger partial charge is 0.261 e. The zero-order valence-electron chi connectivity index (χ0n) is 20.0. The highest BCUT2D eigenvalue weighted by molar-refractivity contribution is 6.31. The average molecular weight is 517 g/mol. The molecule has 0 saturated carbocycles. The van der Waals surface area contributed by atoms with Gasteiger partial charge in [0.05, 0.1) is 0 Å². The van der Waals surface area contributed by atoms with Crippen molar-refractivity contribution >= 4 is 23.4 Å². The van der Waals surface area contributed by atoms with Crippen LogP contribution in [0, 0.1) is 5.82 Å². The summed E-state index contributed by atoms with van der Waals surface area (Å²) in [4.78, 5) is 28.7. The Balaban J connectivity index is 1.63. The van der Waals surface area contributed by atoms with Gasteiger partial charge in [-0.3, -0.25) is 9.59 Å². The van der Waals surface area contributed by atoms with E-state index in [1.165, 1.54) is 17.0 Å². The highest BCUT2D eigenvalue weighted by Gasteiger charge is 2.32. The molecule has 0 aliphatic carbocycles. The van der Waals surface area contributed by atoms with E-state index in [1.807, 2.05) is 54.6 Å². The minimum atomic E-state index is -0.958. The van der Waals surface area contributed by atoms with E-state index < -0.39 is 11.9 Å². The number of hydrogen-bond donors (Lipinski definition) is 1. The molecule has 0 aliphatic rings. The Morgan fingerprint density at radius 1 is 0.838 bits per heavy atom. The van der Waals surface area contributed by atoms with E-state index in [-0.39, 0.29) is 31.4 Å². The molecule has 0 spiro atoms. The van der Waals surface area contributed by atoms with Crippen molar-refractivity contribution in [2.75, 3.05) is 6.61 Å². The van der Waals surface area contributed by atoms with Crippen molar-refractivity contribution in [2.45, 2.75) is 19.1 Å². The third kappa shape index (κ3) is 7.18. The third-order valence-corrected chi connectivity index (χ3v) is 6.15. The van der Waals surface area contributed by atoms with Crippen LogP contribution in [0.4, 0.5) is 4.39 Å². The summed E-state index contributed by atoms with van der Waals surface area (Å²) in [5.41, 5.74) is 2.07. The first-order chi connectivity index (χ1) is 18.0. The van der Waals surface area contributed by atoms with E-state index in [0.717, 1.165) is 5.56 Å². The van der Waals surface area contributed by atoms with E-state index in [9.17, 15) is 14.0 Å². The number of amides is 2. The first kappa shape index (κ1) is 25.9. The lowest BCUT2D eigenvalue weighted by Gasteiger charge is -2.31. The van der Waals surface area contributed by atoms with Crippen molar-refractivity contribution in [2.24, 2.45) is 0 Å². The van der Waals surface area contributed by atoms with Gasteiger partial charge in [0.25, 0.3) is 5.91 Å². The number of ether oxygens (including phenoxy) is 1. The number of benzene rings is 4. The SMILES string of the molecule is O=C(NCc1ccccc1Cl)[C@H](c1ccccc1)N(Cc1ccc(F)cc1)C(=O)COc1ccccc1. The van der Waals surface area contributed by atoms with Crippen molar-refractivity contribution in [3.8, 4) is 5.75 Å².